The van der Waals surface area contributed by atoms with Crippen LogP contribution in [0.15, 0.2) is 99.2 Å². The summed E-state index contributed by atoms with van der Waals surface area (Å²) in [5, 5.41) is 12.0. The highest BCUT2D eigenvalue weighted by Crippen LogP contribution is 2.42. The standard InChI is InChI=1S/C36H12N4O12S2/c41-21-9-15-27-25-14(8-24(44)32(27)36(46)39-20-6-12(54(48,49)50)2-4-18(20)37-33(15)39)13-7-23(43)31-28-16(10-22(42)30(26(13)28)29(21)25)35(45)40-19-5-11(53-52-51-47)1-3-17(19)38-34(31)40/h1-10,47H,(H,48,49,50). The van der Waals surface area contributed by atoms with Gasteiger partial charge in [0, 0.05) is 42.6 Å². The molecular formula is C36H12N4O12S2. The predicted octanol–water partition coefficient (Wildman–Crippen LogP) is 3.23. The number of aromatic nitrogens is 4. The van der Waals surface area contributed by atoms with Gasteiger partial charge >= 0.3 is 0 Å². The van der Waals surface area contributed by atoms with Gasteiger partial charge in [-0.05, 0) is 71.4 Å². The molecule has 0 aliphatic rings. The average molecular weight is 757 g/mol. The van der Waals surface area contributed by atoms with Crippen molar-refractivity contribution in [3.63, 3.8) is 0 Å². The molecule has 4 aromatic heterocycles. The number of rotatable bonds is 4. The fourth-order valence-electron chi connectivity index (χ4n) is 8.24. The van der Waals surface area contributed by atoms with Crippen LogP contribution in [-0.2, 0) is 19.5 Å². The van der Waals surface area contributed by atoms with Gasteiger partial charge in [0.1, 0.15) is 5.65 Å². The summed E-state index contributed by atoms with van der Waals surface area (Å²) in [5.41, 5.74) is -3.84. The molecule has 0 radical (unpaired) electrons. The summed E-state index contributed by atoms with van der Waals surface area (Å²) in [7, 11) is -4.69. The summed E-state index contributed by atoms with van der Waals surface area (Å²) in [4.78, 5) is 94.2. The first kappa shape index (κ1) is 31.0. The lowest BCUT2D eigenvalue weighted by molar-refractivity contribution is -0.432. The van der Waals surface area contributed by atoms with E-state index in [9.17, 15) is 41.7 Å². The van der Waals surface area contributed by atoms with E-state index in [2.05, 4.69) is 19.3 Å². The fourth-order valence-corrected chi connectivity index (χ4v) is 9.13. The highest BCUT2D eigenvalue weighted by atomic mass is 32.2. The van der Waals surface area contributed by atoms with Gasteiger partial charge in [0.25, 0.3) is 21.2 Å². The van der Waals surface area contributed by atoms with E-state index in [1.165, 1.54) is 22.6 Å². The normalized spacial score (nSPS) is 13.1. The third kappa shape index (κ3) is 3.62. The molecule has 260 valence electrons. The topological polar surface area (TPSA) is 230 Å². The van der Waals surface area contributed by atoms with Crippen molar-refractivity contribution in [1.29, 1.82) is 0 Å². The van der Waals surface area contributed by atoms with Crippen LogP contribution in [0.4, 0.5) is 0 Å². The van der Waals surface area contributed by atoms with Crippen LogP contribution in [0, 0.1) is 0 Å². The molecule has 0 aliphatic heterocycles. The van der Waals surface area contributed by atoms with Crippen LogP contribution < -0.4 is 32.8 Å². The van der Waals surface area contributed by atoms with Crippen molar-refractivity contribution in [3.05, 3.63) is 122 Å². The molecule has 0 amide bonds. The number of imidazole rings is 2. The first-order chi connectivity index (χ1) is 25.9. The molecule has 18 heteroatoms. The van der Waals surface area contributed by atoms with Crippen molar-refractivity contribution in [1.82, 2.24) is 18.8 Å². The molecule has 0 aliphatic carbocycles. The summed E-state index contributed by atoms with van der Waals surface area (Å²) in [6.07, 6.45) is 0. The van der Waals surface area contributed by atoms with E-state index in [-0.39, 0.29) is 92.5 Å². The quantitative estimate of drug-likeness (QED) is 0.0656. The van der Waals surface area contributed by atoms with Crippen LogP contribution in [0.2, 0.25) is 0 Å². The summed E-state index contributed by atoms with van der Waals surface area (Å²) in [5.74, 6) is 0. The number of hydrogen-bond donors (Lipinski definition) is 2. The van der Waals surface area contributed by atoms with Crippen LogP contribution in [-0.4, -0.2) is 37.0 Å². The van der Waals surface area contributed by atoms with E-state index in [0.29, 0.717) is 22.5 Å². The third-order valence-electron chi connectivity index (χ3n) is 10.2. The summed E-state index contributed by atoms with van der Waals surface area (Å²) >= 11 is 0.642. The minimum atomic E-state index is -4.69. The van der Waals surface area contributed by atoms with Gasteiger partial charge < -0.3 is 0 Å². The fraction of sp³-hybridized carbons (Fsp3) is 0. The summed E-state index contributed by atoms with van der Waals surface area (Å²) in [6, 6.07) is 12.5. The summed E-state index contributed by atoms with van der Waals surface area (Å²) < 4.78 is 40.2. The van der Waals surface area contributed by atoms with E-state index < -0.39 is 47.8 Å². The predicted molar refractivity (Wildman–Crippen MR) is 198 cm³/mol. The van der Waals surface area contributed by atoms with E-state index in [1.54, 1.807) is 12.1 Å². The molecule has 0 unspecified atom stereocenters. The Labute approximate surface area is 297 Å². The van der Waals surface area contributed by atoms with Crippen molar-refractivity contribution < 1.29 is 27.6 Å². The average Bonchev–Trinajstić information content (AvgIpc) is 3.71. The molecule has 4 heterocycles. The molecule has 0 fully saturated rings. The highest BCUT2D eigenvalue weighted by molar-refractivity contribution is 7.94. The number of nitrogens with zero attached hydrogens (tertiary/aromatic N) is 4. The zero-order chi connectivity index (χ0) is 37.3. The third-order valence-corrected chi connectivity index (χ3v) is 11.7. The Balaban J connectivity index is 1.37. The maximum atomic E-state index is 14.3. The van der Waals surface area contributed by atoms with Crippen molar-refractivity contribution in [2.45, 2.75) is 9.79 Å². The van der Waals surface area contributed by atoms with Crippen LogP contribution >= 0.6 is 12.0 Å². The van der Waals surface area contributed by atoms with Crippen LogP contribution in [0.5, 0.6) is 0 Å². The van der Waals surface area contributed by atoms with Gasteiger partial charge in [-0.1, -0.05) is 5.04 Å². The molecule has 0 bridgehead atoms. The van der Waals surface area contributed by atoms with Gasteiger partial charge in [0.2, 0.25) is 0 Å². The van der Waals surface area contributed by atoms with Gasteiger partial charge in [-0.25, -0.2) is 15.2 Å². The van der Waals surface area contributed by atoms with Crippen molar-refractivity contribution in [2.24, 2.45) is 0 Å². The molecule has 2 N–H and O–H groups in total. The molecule has 0 saturated heterocycles. The highest BCUT2D eigenvalue weighted by Gasteiger charge is 2.29. The second-order valence-corrected chi connectivity index (χ2v) is 15.0. The summed E-state index contributed by atoms with van der Waals surface area (Å²) in [6.45, 7) is 0. The zero-order valence-corrected chi connectivity index (χ0v) is 28.0. The van der Waals surface area contributed by atoms with E-state index in [4.69, 9.17) is 5.26 Å². The lowest BCUT2D eigenvalue weighted by atomic mass is 9.85. The van der Waals surface area contributed by atoms with Gasteiger partial charge in [0.15, 0.2) is 27.4 Å². The Morgan fingerprint density at radius 3 is 1.74 bits per heavy atom. The first-order valence-electron chi connectivity index (χ1n) is 15.7. The molecule has 0 atom stereocenters. The molecule has 0 saturated carbocycles. The first-order valence-corrected chi connectivity index (χ1v) is 17.9. The second kappa shape index (κ2) is 9.90. The minimum Gasteiger partial charge on any atom is -0.289 e. The Kier molecular flexibility index (Phi) is 5.69. The Morgan fingerprint density at radius 1 is 0.556 bits per heavy atom. The van der Waals surface area contributed by atoms with E-state index in [1.807, 2.05) is 0 Å². The molecule has 0 spiro atoms. The van der Waals surface area contributed by atoms with Crippen molar-refractivity contribution in [2.75, 3.05) is 0 Å². The monoisotopic (exact) mass is 756 g/mol. The van der Waals surface area contributed by atoms with Gasteiger partial charge in [-0.2, -0.15) is 8.42 Å². The SMILES string of the molecule is O=c1cc2c3cc(=O)c4c5c(cc(=O)c(c6c(=O)cc7c(c1c(=O)n1c8cc(S(=O)(=O)O)ccc8nc71)c26)c35)c(=O)n1c2cc(SOOO)ccc2nc41. The molecule has 11 aromatic rings. The number of benzene rings is 7. The number of hydrogen-bond acceptors (Lipinski definition) is 14. The van der Waals surface area contributed by atoms with Crippen molar-refractivity contribution in [3.8, 4) is 0 Å². The number of fused-ring (bicyclic) bond motifs is 10. The zero-order valence-electron chi connectivity index (χ0n) is 26.4. The molecule has 54 heavy (non-hydrogen) atoms. The van der Waals surface area contributed by atoms with Crippen LogP contribution in [0.3, 0.4) is 0 Å². The maximum absolute atomic E-state index is 14.3. The van der Waals surface area contributed by atoms with Crippen molar-refractivity contribution >= 4 is 120 Å². The van der Waals surface area contributed by atoms with Crippen LogP contribution in [0.1, 0.15) is 0 Å². The van der Waals surface area contributed by atoms with E-state index in [0.717, 1.165) is 34.7 Å². The molecule has 7 aromatic carbocycles. The van der Waals surface area contributed by atoms with Gasteiger partial charge in [-0.3, -0.25) is 42.1 Å². The van der Waals surface area contributed by atoms with Gasteiger partial charge in [-0.15, -0.1) is 4.33 Å². The second-order valence-electron chi connectivity index (χ2n) is 12.8. The lowest BCUT2D eigenvalue weighted by Crippen LogP contribution is -2.22. The maximum Gasteiger partial charge on any atom is 0.294 e. The Morgan fingerprint density at radius 2 is 1.07 bits per heavy atom. The van der Waals surface area contributed by atoms with E-state index >= 15 is 0 Å². The Hall–Kier alpha value is -6.54. The number of pyridine rings is 2. The minimum absolute atomic E-state index is 0.0121. The largest absolute Gasteiger partial charge is 0.294 e. The smallest absolute Gasteiger partial charge is 0.289 e. The molecule has 11 rings (SSSR count). The Bertz CT molecular complexity index is 4060. The molecular weight excluding hydrogens is 745 g/mol. The lowest BCUT2D eigenvalue weighted by Gasteiger charge is -2.16. The van der Waals surface area contributed by atoms with Crippen LogP contribution in [0.25, 0.3) is 98.0 Å². The van der Waals surface area contributed by atoms with Gasteiger partial charge in [0.05, 0.1) is 55.2 Å². The molecule has 16 nitrogen and oxygen atoms in total.